The third kappa shape index (κ3) is 3.26. The van der Waals surface area contributed by atoms with Crippen molar-refractivity contribution in [3.63, 3.8) is 0 Å². The first-order valence-electron chi connectivity index (χ1n) is 7.69. The van der Waals surface area contributed by atoms with Gasteiger partial charge < -0.3 is 10.6 Å². The van der Waals surface area contributed by atoms with Gasteiger partial charge in [0.2, 0.25) is 11.8 Å². The van der Waals surface area contributed by atoms with Gasteiger partial charge in [-0.25, -0.2) is 0 Å². The number of rotatable bonds is 5. The lowest BCUT2D eigenvalue weighted by Crippen LogP contribution is -2.50. The topological polar surface area (TPSA) is 58.2 Å². The largest absolute Gasteiger partial charge is 0.353 e. The molecule has 2 rings (SSSR count). The van der Waals surface area contributed by atoms with E-state index in [1.807, 2.05) is 45.0 Å². The second-order valence-electron chi connectivity index (χ2n) is 6.04. The molecule has 1 aromatic rings. The molecule has 21 heavy (non-hydrogen) atoms. The van der Waals surface area contributed by atoms with E-state index in [2.05, 4.69) is 10.6 Å². The summed E-state index contributed by atoms with van der Waals surface area (Å²) in [6.07, 6.45) is 3.33. The highest BCUT2D eigenvalue weighted by molar-refractivity contribution is 5.91. The fourth-order valence-electron chi connectivity index (χ4n) is 2.70. The molecule has 4 heteroatoms. The molecule has 1 fully saturated rings. The van der Waals surface area contributed by atoms with Crippen LogP contribution in [0.2, 0.25) is 0 Å². The molecule has 114 valence electrons. The van der Waals surface area contributed by atoms with E-state index in [4.69, 9.17) is 0 Å². The van der Waals surface area contributed by atoms with Crippen LogP contribution in [0.3, 0.4) is 0 Å². The Balaban J connectivity index is 2.15. The second-order valence-corrected chi connectivity index (χ2v) is 6.04. The van der Waals surface area contributed by atoms with Gasteiger partial charge in [-0.2, -0.15) is 0 Å². The van der Waals surface area contributed by atoms with Crippen LogP contribution in [-0.4, -0.2) is 17.9 Å². The van der Waals surface area contributed by atoms with Crippen LogP contribution in [0.15, 0.2) is 24.3 Å². The van der Waals surface area contributed by atoms with Gasteiger partial charge in [-0.15, -0.1) is 0 Å². The fraction of sp³-hybridized carbons (Fsp3) is 0.529. The maximum absolute atomic E-state index is 12.5. The Labute approximate surface area is 126 Å². The van der Waals surface area contributed by atoms with Crippen molar-refractivity contribution in [3.05, 3.63) is 29.8 Å². The van der Waals surface area contributed by atoms with E-state index in [9.17, 15) is 9.59 Å². The second kappa shape index (κ2) is 6.29. The van der Waals surface area contributed by atoms with Gasteiger partial charge in [0, 0.05) is 18.2 Å². The number of hydrogen-bond donors (Lipinski definition) is 2. The zero-order valence-electron chi connectivity index (χ0n) is 13.0. The van der Waals surface area contributed by atoms with Gasteiger partial charge in [0.25, 0.3) is 0 Å². The average molecular weight is 288 g/mol. The molecule has 0 aliphatic heterocycles. The highest BCUT2D eigenvalue weighted by atomic mass is 16.2. The molecule has 4 nitrogen and oxygen atoms in total. The summed E-state index contributed by atoms with van der Waals surface area (Å²) in [5.41, 5.74) is 1.45. The summed E-state index contributed by atoms with van der Waals surface area (Å²) in [6, 6.07) is 7.84. The lowest BCUT2D eigenvalue weighted by molar-refractivity contribution is -0.130. The summed E-state index contributed by atoms with van der Waals surface area (Å²) in [7, 11) is 0. The Morgan fingerprint density at radius 1 is 1.19 bits per heavy atom. The van der Waals surface area contributed by atoms with Crippen LogP contribution in [0, 0.1) is 0 Å². The number of benzene rings is 1. The van der Waals surface area contributed by atoms with Crippen molar-refractivity contribution in [2.24, 2.45) is 0 Å². The first kappa shape index (κ1) is 15.5. The first-order valence-corrected chi connectivity index (χ1v) is 7.69. The molecule has 0 radical (unpaired) electrons. The summed E-state index contributed by atoms with van der Waals surface area (Å²) in [5.74, 6) is 0.118. The summed E-state index contributed by atoms with van der Waals surface area (Å²) < 4.78 is 0. The third-order valence-electron chi connectivity index (χ3n) is 4.10. The first-order chi connectivity index (χ1) is 9.98. The molecule has 0 unspecified atom stereocenters. The van der Waals surface area contributed by atoms with E-state index in [0.717, 1.165) is 30.5 Å². The van der Waals surface area contributed by atoms with Gasteiger partial charge in [0.05, 0.1) is 5.41 Å². The van der Waals surface area contributed by atoms with Crippen LogP contribution in [0.25, 0.3) is 0 Å². The fourth-order valence-corrected chi connectivity index (χ4v) is 2.70. The average Bonchev–Trinajstić information content (AvgIpc) is 2.38. The Morgan fingerprint density at radius 3 is 2.24 bits per heavy atom. The number of hydrogen-bond acceptors (Lipinski definition) is 2. The highest BCUT2D eigenvalue weighted by Crippen LogP contribution is 2.44. The predicted molar refractivity (Wildman–Crippen MR) is 84.2 cm³/mol. The molecule has 2 amide bonds. The molecule has 1 aliphatic rings. The van der Waals surface area contributed by atoms with Gasteiger partial charge in [0.1, 0.15) is 0 Å². The van der Waals surface area contributed by atoms with E-state index in [-0.39, 0.29) is 23.3 Å². The summed E-state index contributed by atoms with van der Waals surface area (Å²) in [4.78, 5) is 23.9. The molecule has 0 spiro atoms. The zero-order chi connectivity index (χ0) is 15.5. The lowest BCUT2D eigenvalue weighted by Gasteiger charge is -2.41. The number of amides is 2. The van der Waals surface area contributed by atoms with Gasteiger partial charge in [-0.3, -0.25) is 9.59 Å². The van der Waals surface area contributed by atoms with Crippen LogP contribution in [-0.2, 0) is 15.0 Å². The van der Waals surface area contributed by atoms with E-state index in [0.29, 0.717) is 6.42 Å². The minimum Gasteiger partial charge on any atom is -0.353 e. The smallest absolute Gasteiger partial charge is 0.230 e. The minimum atomic E-state index is -0.377. The van der Waals surface area contributed by atoms with Crippen molar-refractivity contribution in [2.45, 2.75) is 57.9 Å². The Kier molecular flexibility index (Phi) is 4.66. The Hall–Kier alpha value is -1.84. The van der Waals surface area contributed by atoms with Crippen molar-refractivity contribution in [2.75, 3.05) is 5.32 Å². The number of carbonyl (C=O) groups excluding carboxylic acids is 2. The van der Waals surface area contributed by atoms with E-state index < -0.39 is 0 Å². The van der Waals surface area contributed by atoms with Crippen molar-refractivity contribution in [1.82, 2.24) is 5.32 Å². The predicted octanol–water partition coefficient (Wildman–Crippen LogP) is 2.98. The molecular weight excluding hydrogens is 264 g/mol. The van der Waals surface area contributed by atoms with Crippen LogP contribution in [0.4, 0.5) is 5.69 Å². The van der Waals surface area contributed by atoms with Crippen molar-refractivity contribution < 1.29 is 9.59 Å². The molecule has 1 saturated carbocycles. The minimum absolute atomic E-state index is 0.00124. The maximum Gasteiger partial charge on any atom is 0.230 e. The molecule has 0 heterocycles. The SMILES string of the molecule is CCC(=O)Nc1ccc(C2(C(=O)NC(C)C)CCC2)cc1. The Bertz CT molecular complexity index is 516. The van der Waals surface area contributed by atoms with Crippen molar-refractivity contribution in [3.8, 4) is 0 Å². The van der Waals surface area contributed by atoms with Crippen molar-refractivity contribution >= 4 is 17.5 Å². The van der Waals surface area contributed by atoms with Crippen molar-refractivity contribution in [1.29, 1.82) is 0 Å². The standard InChI is InChI=1S/C17H24N2O2/c1-4-15(20)19-14-8-6-13(7-9-14)17(10-5-11-17)16(21)18-12(2)3/h6-9,12H,4-5,10-11H2,1-3H3,(H,18,21)(H,19,20). The van der Waals surface area contributed by atoms with Gasteiger partial charge in [0.15, 0.2) is 0 Å². The molecule has 0 atom stereocenters. The number of anilines is 1. The summed E-state index contributed by atoms with van der Waals surface area (Å²) in [6.45, 7) is 5.78. The quantitative estimate of drug-likeness (QED) is 0.875. The summed E-state index contributed by atoms with van der Waals surface area (Å²) >= 11 is 0. The monoisotopic (exact) mass is 288 g/mol. The summed E-state index contributed by atoms with van der Waals surface area (Å²) in [5, 5.41) is 5.86. The molecule has 0 saturated heterocycles. The normalized spacial score (nSPS) is 16.2. The van der Waals surface area contributed by atoms with Crippen LogP contribution in [0.5, 0.6) is 0 Å². The molecule has 1 aromatic carbocycles. The number of nitrogens with one attached hydrogen (secondary N) is 2. The van der Waals surface area contributed by atoms with Crippen LogP contribution < -0.4 is 10.6 Å². The molecule has 1 aliphatic carbocycles. The molecule has 2 N–H and O–H groups in total. The van der Waals surface area contributed by atoms with E-state index >= 15 is 0 Å². The van der Waals surface area contributed by atoms with E-state index in [1.54, 1.807) is 0 Å². The molecule has 0 aromatic heterocycles. The maximum atomic E-state index is 12.5. The Morgan fingerprint density at radius 2 is 1.81 bits per heavy atom. The zero-order valence-corrected chi connectivity index (χ0v) is 13.0. The van der Waals surface area contributed by atoms with Gasteiger partial charge in [-0.05, 0) is 44.4 Å². The highest BCUT2D eigenvalue weighted by Gasteiger charge is 2.45. The molecule has 0 bridgehead atoms. The van der Waals surface area contributed by atoms with E-state index in [1.165, 1.54) is 0 Å². The van der Waals surface area contributed by atoms with Gasteiger partial charge >= 0.3 is 0 Å². The number of carbonyl (C=O) groups is 2. The lowest BCUT2D eigenvalue weighted by atomic mass is 9.63. The van der Waals surface area contributed by atoms with Crippen LogP contribution in [0.1, 0.15) is 52.0 Å². The third-order valence-corrected chi connectivity index (χ3v) is 4.10. The van der Waals surface area contributed by atoms with Crippen LogP contribution >= 0.6 is 0 Å². The van der Waals surface area contributed by atoms with Gasteiger partial charge in [-0.1, -0.05) is 25.5 Å². The molecular formula is C17H24N2O2.